The highest BCUT2D eigenvalue weighted by Crippen LogP contribution is 2.23. The van der Waals surface area contributed by atoms with E-state index in [1.807, 2.05) is 24.3 Å². The van der Waals surface area contributed by atoms with Crippen LogP contribution in [0.5, 0.6) is 0 Å². The van der Waals surface area contributed by atoms with Gasteiger partial charge in [-0.05, 0) is 12.1 Å². The molecule has 2 aromatic heterocycles. The van der Waals surface area contributed by atoms with E-state index in [0.717, 1.165) is 15.9 Å². The van der Waals surface area contributed by atoms with Gasteiger partial charge in [-0.2, -0.15) is 4.98 Å². The average Bonchev–Trinajstić information content (AvgIpc) is 2.67. The number of hydrogen-bond acceptors (Lipinski definition) is 6. The molecular formula is C9H7N5S. The van der Waals surface area contributed by atoms with Gasteiger partial charge in [0.25, 0.3) is 0 Å². The molecule has 0 aliphatic carbocycles. The number of benzene rings is 1. The summed E-state index contributed by atoms with van der Waals surface area (Å²) in [5, 5.41) is 0.625. The van der Waals surface area contributed by atoms with Crippen LogP contribution in [0.25, 0.3) is 21.5 Å². The fraction of sp³-hybridized carbons (Fsp3) is 0. The molecule has 3 N–H and O–H groups in total. The normalized spacial score (nSPS) is 11.0. The molecule has 15 heavy (non-hydrogen) atoms. The Morgan fingerprint density at radius 1 is 1.07 bits per heavy atom. The summed E-state index contributed by atoms with van der Waals surface area (Å²) < 4.78 is 0. The number of para-hydroxylation sites is 2. The number of hydrazine groups is 1. The smallest absolute Gasteiger partial charge is 0.201 e. The van der Waals surface area contributed by atoms with Crippen LogP contribution in [-0.4, -0.2) is 15.0 Å². The molecule has 0 aliphatic heterocycles. The quantitative estimate of drug-likeness (QED) is 0.477. The largest absolute Gasteiger partial charge is 0.300 e. The Bertz CT molecular complexity index is 580. The zero-order valence-corrected chi connectivity index (χ0v) is 8.45. The molecule has 0 atom stereocenters. The molecule has 2 heterocycles. The van der Waals surface area contributed by atoms with Gasteiger partial charge in [-0.3, -0.25) is 5.43 Å². The van der Waals surface area contributed by atoms with E-state index in [1.54, 1.807) is 0 Å². The first-order chi connectivity index (χ1) is 7.36. The van der Waals surface area contributed by atoms with Gasteiger partial charge in [0, 0.05) is 0 Å². The van der Waals surface area contributed by atoms with E-state index in [1.165, 1.54) is 11.3 Å². The molecule has 0 fully saturated rings. The SMILES string of the molecule is NNc1nc2nc3ccccc3nc2s1. The molecule has 0 unspecified atom stereocenters. The number of fused-ring (bicyclic) bond motifs is 2. The lowest BCUT2D eigenvalue weighted by atomic mass is 10.3. The van der Waals surface area contributed by atoms with Crippen molar-refractivity contribution in [3.05, 3.63) is 24.3 Å². The van der Waals surface area contributed by atoms with Gasteiger partial charge in [0.1, 0.15) is 0 Å². The van der Waals surface area contributed by atoms with Gasteiger partial charge in [-0.15, -0.1) is 0 Å². The minimum Gasteiger partial charge on any atom is -0.300 e. The number of thiazole rings is 1. The summed E-state index contributed by atoms with van der Waals surface area (Å²) in [5.74, 6) is 5.28. The molecule has 74 valence electrons. The van der Waals surface area contributed by atoms with E-state index in [9.17, 15) is 0 Å². The Labute approximate surface area is 89.0 Å². The first kappa shape index (κ1) is 8.51. The molecule has 0 bridgehead atoms. The minimum absolute atomic E-state index is 0.625. The molecule has 0 radical (unpaired) electrons. The number of nitrogens with one attached hydrogen (secondary N) is 1. The van der Waals surface area contributed by atoms with Crippen molar-refractivity contribution >= 4 is 38.0 Å². The third kappa shape index (κ3) is 1.31. The van der Waals surface area contributed by atoms with Crippen molar-refractivity contribution in [3.8, 4) is 0 Å². The van der Waals surface area contributed by atoms with Gasteiger partial charge < -0.3 is 0 Å². The van der Waals surface area contributed by atoms with Crippen LogP contribution in [0.3, 0.4) is 0 Å². The second kappa shape index (κ2) is 3.11. The third-order valence-electron chi connectivity index (χ3n) is 2.05. The average molecular weight is 217 g/mol. The van der Waals surface area contributed by atoms with Crippen molar-refractivity contribution < 1.29 is 0 Å². The van der Waals surface area contributed by atoms with Gasteiger partial charge in [0.2, 0.25) is 5.13 Å². The number of aromatic nitrogens is 3. The van der Waals surface area contributed by atoms with Gasteiger partial charge in [-0.25, -0.2) is 15.8 Å². The molecule has 0 saturated heterocycles. The zero-order valence-electron chi connectivity index (χ0n) is 7.64. The molecule has 6 heteroatoms. The number of anilines is 1. The summed E-state index contributed by atoms with van der Waals surface area (Å²) in [6.45, 7) is 0. The van der Waals surface area contributed by atoms with Crippen molar-refractivity contribution in [1.82, 2.24) is 15.0 Å². The van der Waals surface area contributed by atoms with E-state index in [2.05, 4.69) is 20.4 Å². The van der Waals surface area contributed by atoms with Crippen molar-refractivity contribution in [2.75, 3.05) is 5.43 Å². The van der Waals surface area contributed by atoms with E-state index in [4.69, 9.17) is 5.84 Å². The fourth-order valence-corrected chi connectivity index (χ4v) is 2.09. The summed E-state index contributed by atoms with van der Waals surface area (Å²) in [4.78, 5) is 13.8. The summed E-state index contributed by atoms with van der Waals surface area (Å²) in [6, 6.07) is 7.71. The van der Waals surface area contributed by atoms with Crippen LogP contribution in [0.15, 0.2) is 24.3 Å². The maximum absolute atomic E-state index is 5.28. The second-order valence-electron chi connectivity index (χ2n) is 3.00. The fourth-order valence-electron chi connectivity index (χ4n) is 1.39. The van der Waals surface area contributed by atoms with Gasteiger partial charge in [-0.1, -0.05) is 23.5 Å². The second-order valence-corrected chi connectivity index (χ2v) is 3.98. The number of rotatable bonds is 1. The van der Waals surface area contributed by atoms with Crippen LogP contribution in [0, 0.1) is 0 Å². The Morgan fingerprint density at radius 3 is 2.53 bits per heavy atom. The van der Waals surface area contributed by atoms with Crippen LogP contribution in [-0.2, 0) is 0 Å². The van der Waals surface area contributed by atoms with E-state index < -0.39 is 0 Å². The van der Waals surface area contributed by atoms with Crippen LogP contribution >= 0.6 is 11.3 Å². The molecule has 3 rings (SSSR count). The van der Waals surface area contributed by atoms with Crippen LogP contribution < -0.4 is 11.3 Å². The Hall–Kier alpha value is -1.79. The molecule has 3 aromatic rings. The molecule has 0 aliphatic rings. The lowest BCUT2D eigenvalue weighted by Gasteiger charge is -1.93. The van der Waals surface area contributed by atoms with Crippen molar-refractivity contribution in [3.63, 3.8) is 0 Å². The van der Waals surface area contributed by atoms with Crippen LogP contribution in [0.1, 0.15) is 0 Å². The summed E-state index contributed by atoms with van der Waals surface area (Å²) in [6.07, 6.45) is 0. The minimum atomic E-state index is 0.625. The Morgan fingerprint density at radius 2 is 1.80 bits per heavy atom. The van der Waals surface area contributed by atoms with Gasteiger partial charge in [0.05, 0.1) is 11.0 Å². The van der Waals surface area contributed by atoms with E-state index in [0.29, 0.717) is 10.8 Å². The molecule has 0 amide bonds. The third-order valence-corrected chi connectivity index (χ3v) is 2.92. The predicted octanol–water partition coefficient (Wildman–Crippen LogP) is 1.53. The number of hydrogen-bond donors (Lipinski definition) is 2. The highest BCUT2D eigenvalue weighted by Gasteiger charge is 2.06. The lowest BCUT2D eigenvalue weighted by molar-refractivity contribution is 1.28. The maximum Gasteiger partial charge on any atom is 0.201 e. The number of nitrogens with zero attached hydrogens (tertiary/aromatic N) is 3. The Kier molecular flexibility index (Phi) is 1.77. The first-order valence-corrected chi connectivity index (χ1v) is 5.18. The first-order valence-electron chi connectivity index (χ1n) is 4.37. The van der Waals surface area contributed by atoms with Gasteiger partial charge in [0.15, 0.2) is 10.5 Å². The molecule has 1 aromatic carbocycles. The number of nitrogens with two attached hydrogens (primary N) is 1. The van der Waals surface area contributed by atoms with Crippen LogP contribution in [0.2, 0.25) is 0 Å². The number of nitrogen functional groups attached to an aromatic ring is 1. The Balaban J connectivity index is 2.39. The topological polar surface area (TPSA) is 76.7 Å². The van der Waals surface area contributed by atoms with Crippen LogP contribution in [0.4, 0.5) is 5.13 Å². The van der Waals surface area contributed by atoms with Gasteiger partial charge >= 0.3 is 0 Å². The monoisotopic (exact) mass is 217 g/mol. The summed E-state index contributed by atoms with van der Waals surface area (Å²) in [5.41, 5.74) is 4.85. The molecule has 5 nitrogen and oxygen atoms in total. The maximum atomic E-state index is 5.28. The standard InChI is InChI=1S/C9H7N5S/c10-14-9-13-7-8(15-9)12-6-4-2-1-3-5(6)11-7/h1-4H,10H2,(H,11,13,14). The van der Waals surface area contributed by atoms with Crippen molar-refractivity contribution in [2.24, 2.45) is 5.84 Å². The highest BCUT2D eigenvalue weighted by atomic mass is 32.1. The zero-order chi connectivity index (χ0) is 10.3. The lowest BCUT2D eigenvalue weighted by Crippen LogP contribution is -2.05. The molecule has 0 saturated carbocycles. The van der Waals surface area contributed by atoms with E-state index >= 15 is 0 Å². The predicted molar refractivity (Wildman–Crippen MR) is 60.5 cm³/mol. The summed E-state index contributed by atoms with van der Waals surface area (Å²) >= 11 is 1.39. The van der Waals surface area contributed by atoms with E-state index in [-0.39, 0.29) is 0 Å². The molecular weight excluding hydrogens is 210 g/mol. The van der Waals surface area contributed by atoms with Crippen molar-refractivity contribution in [1.29, 1.82) is 0 Å². The highest BCUT2D eigenvalue weighted by molar-refractivity contribution is 7.21. The van der Waals surface area contributed by atoms with Crippen molar-refractivity contribution in [2.45, 2.75) is 0 Å². The molecule has 0 spiro atoms. The summed E-state index contributed by atoms with van der Waals surface area (Å²) in [7, 11) is 0.